The third-order valence-electron chi connectivity index (χ3n) is 3.39. The lowest BCUT2D eigenvalue weighted by Crippen LogP contribution is -2.11. The number of hydrogen-bond acceptors (Lipinski definition) is 4. The van der Waals surface area contributed by atoms with Crippen LogP contribution in [0.4, 0.5) is 4.39 Å². The van der Waals surface area contributed by atoms with Gasteiger partial charge in [0.2, 0.25) is 0 Å². The van der Waals surface area contributed by atoms with E-state index < -0.39 is 17.9 Å². The van der Waals surface area contributed by atoms with Crippen LogP contribution in [0.25, 0.3) is 0 Å². The molecule has 0 saturated carbocycles. The highest BCUT2D eigenvalue weighted by Crippen LogP contribution is 2.26. The van der Waals surface area contributed by atoms with Gasteiger partial charge < -0.3 is 14.6 Å². The van der Waals surface area contributed by atoms with E-state index in [1.54, 1.807) is 25.1 Å². The predicted molar refractivity (Wildman–Crippen MR) is 93.4 cm³/mol. The van der Waals surface area contributed by atoms with Crippen LogP contribution in [0.3, 0.4) is 0 Å². The van der Waals surface area contributed by atoms with Crippen LogP contribution in [0.2, 0.25) is 10.0 Å². The Bertz CT molecular complexity index is 752. The number of carbonyl (C=O) groups is 1. The van der Waals surface area contributed by atoms with Crippen molar-refractivity contribution >= 4 is 29.2 Å². The van der Waals surface area contributed by atoms with E-state index in [0.29, 0.717) is 10.0 Å². The van der Waals surface area contributed by atoms with Crippen LogP contribution in [-0.2, 0) is 16.1 Å². The summed E-state index contributed by atoms with van der Waals surface area (Å²) in [5.74, 6) is -0.964. The van der Waals surface area contributed by atoms with E-state index in [-0.39, 0.29) is 30.9 Å². The highest BCUT2D eigenvalue weighted by molar-refractivity contribution is 6.42. The fourth-order valence-corrected chi connectivity index (χ4v) is 2.47. The first kappa shape index (κ1) is 19.5. The highest BCUT2D eigenvalue weighted by atomic mass is 35.5. The summed E-state index contributed by atoms with van der Waals surface area (Å²) in [6, 6.07) is 9.12. The van der Waals surface area contributed by atoms with E-state index in [0.717, 1.165) is 11.6 Å². The molecular formula is C18H17Cl2FO4. The molecule has 0 bridgehead atoms. The van der Waals surface area contributed by atoms with Crippen LogP contribution in [-0.4, -0.2) is 17.7 Å². The van der Waals surface area contributed by atoms with Gasteiger partial charge in [0.1, 0.15) is 18.2 Å². The summed E-state index contributed by atoms with van der Waals surface area (Å²) >= 11 is 11.8. The molecule has 0 radical (unpaired) electrons. The second-order valence-corrected chi connectivity index (χ2v) is 6.06. The molecule has 0 fully saturated rings. The average Bonchev–Trinajstić information content (AvgIpc) is 2.56. The van der Waals surface area contributed by atoms with Gasteiger partial charge in [-0.25, -0.2) is 4.39 Å². The number of aliphatic hydroxyl groups excluding tert-OH is 1. The normalized spacial score (nSPS) is 11.9. The zero-order valence-electron chi connectivity index (χ0n) is 13.5. The predicted octanol–water partition coefficient (Wildman–Crippen LogP) is 4.70. The zero-order valence-corrected chi connectivity index (χ0v) is 15.0. The summed E-state index contributed by atoms with van der Waals surface area (Å²) in [6.45, 7) is 2.04. The maximum Gasteiger partial charge on any atom is 0.308 e. The molecule has 0 spiro atoms. The van der Waals surface area contributed by atoms with Gasteiger partial charge in [-0.15, -0.1) is 0 Å². The van der Waals surface area contributed by atoms with Gasteiger partial charge in [0.05, 0.1) is 29.2 Å². The largest absolute Gasteiger partial charge is 0.489 e. The molecule has 0 aliphatic rings. The molecule has 2 aromatic carbocycles. The Hall–Kier alpha value is -1.82. The fourth-order valence-electron chi connectivity index (χ4n) is 2.15. The van der Waals surface area contributed by atoms with Gasteiger partial charge in [-0.1, -0.05) is 29.3 Å². The monoisotopic (exact) mass is 386 g/mol. The van der Waals surface area contributed by atoms with Crippen molar-refractivity contribution in [3.8, 4) is 5.75 Å². The first-order chi connectivity index (χ1) is 11.9. The summed E-state index contributed by atoms with van der Waals surface area (Å²) in [5.41, 5.74) is 0.788. The minimum absolute atomic E-state index is 0.00920. The summed E-state index contributed by atoms with van der Waals surface area (Å²) < 4.78 is 24.4. The van der Waals surface area contributed by atoms with Gasteiger partial charge in [-0.05, 0) is 36.8 Å². The molecule has 25 heavy (non-hydrogen) atoms. The topological polar surface area (TPSA) is 55.8 Å². The van der Waals surface area contributed by atoms with Gasteiger partial charge in [-0.3, -0.25) is 4.79 Å². The van der Waals surface area contributed by atoms with Gasteiger partial charge in [0, 0.05) is 11.6 Å². The number of carbonyl (C=O) groups excluding carboxylic acids is 1. The van der Waals surface area contributed by atoms with Crippen molar-refractivity contribution < 1.29 is 23.8 Å². The number of rotatable bonds is 7. The van der Waals surface area contributed by atoms with E-state index >= 15 is 0 Å². The number of aliphatic hydroxyl groups is 1. The van der Waals surface area contributed by atoms with Crippen LogP contribution < -0.4 is 4.74 Å². The van der Waals surface area contributed by atoms with Crippen molar-refractivity contribution in [3.05, 3.63) is 63.4 Å². The van der Waals surface area contributed by atoms with Gasteiger partial charge >= 0.3 is 5.97 Å². The molecule has 2 aromatic rings. The molecule has 0 aliphatic carbocycles. The third-order valence-corrected chi connectivity index (χ3v) is 4.12. The van der Waals surface area contributed by atoms with Crippen molar-refractivity contribution in [3.63, 3.8) is 0 Å². The summed E-state index contributed by atoms with van der Waals surface area (Å²) in [7, 11) is 0. The van der Waals surface area contributed by atoms with Gasteiger partial charge in [-0.2, -0.15) is 0 Å². The zero-order chi connectivity index (χ0) is 18.4. The lowest BCUT2D eigenvalue weighted by molar-refractivity contribution is -0.145. The van der Waals surface area contributed by atoms with Crippen molar-refractivity contribution in [2.24, 2.45) is 0 Å². The quantitative estimate of drug-likeness (QED) is 0.700. The maximum atomic E-state index is 14.1. The molecule has 1 atom stereocenters. The van der Waals surface area contributed by atoms with E-state index in [4.69, 9.17) is 32.7 Å². The number of halogens is 3. The summed E-state index contributed by atoms with van der Waals surface area (Å²) in [4.78, 5) is 11.4. The van der Waals surface area contributed by atoms with Crippen LogP contribution in [0.5, 0.6) is 5.75 Å². The van der Waals surface area contributed by atoms with Crippen LogP contribution in [0.1, 0.15) is 30.6 Å². The second-order valence-electron chi connectivity index (χ2n) is 5.25. The van der Waals surface area contributed by atoms with Crippen molar-refractivity contribution in [2.45, 2.75) is 26.1 Å². The molecule has 1 N–H and O–H groups in total. The Morgan fingerprint density at radius 3 is 2.60 bits per heavy atom. The van der Waals surface area contributed by atoms with Crippen molar-refractivity contribution in [1.82, 2.24) is 0 Å². The van der Waals surface area contributed by atoms with Crippen LogP contribution >= 0.6 is 23.2 Å². The molecule has 4 nitrogen and oxygen atoms in total. The number of hydrogen-bond donors (Lipinski definition) is 1. The molecule has 0 aromatic heterocycles. The Morgan fingerprint density at radius 2 is 1.96 bits per heavy atom. The minimum atomic E-state index is -1.27. The third kappa shape index (κ3) is 5.59. The average molecular weight is 387 g/mol. The van der Waals surface area contributed by atoms with E-state index in [1.807, 2.05) is 0 Å². The molecule has 134 valence electrons. The van der Waals surface area contributed by atoms with E-state index in [9.17, 15) is 14.3 Å². The standard InChI is InChI=1S/C18H17Cl2FO4/c1-2-24-18(23)9-17(22)13-5-4-12(8-16(13)21)25-10-11-3-6-14(19)15(20)7-11/h3-8,17,22H,2,9-10H2,1H3. The summed E-state index contributed by atoms with van der Waals surface area (Å²) in [5, 5.41) is 10.8. The van der Waals surface area contributed by atoms with Gasteiger partial charge in [0.15, 0.2) is 0 Å². The Kier molecular flexibility index (Phi) is 7.05. The van der Waals surface area contributed by atoms with Crippen molar-refractivity contribution in [1.29, 1.82) is 0 Å². The molecule has 0 saturated heterocycles. The minimum Gasteiger partial charge on any atom is -0.489 e. The smallest absolute Gasteiger partial charge is 0.308 e. The molecule has 0 heterocycles. The van der Waals surface area contributed by atoms with E-state index in [2.05, 4.69) is 0 Å². The molecular weight excluding hydrogens is 370 g/mol. The first-order valence-electron chi connectivity index (χ1n) is 7.60. The Labute approximate surface area is 155 Å². The second kappa shape index (κ2) is 9.04. The molecule has 0 amide bonds. The molecule has 7 heteroatoms. The Morgan fingerprint density at radius 1 is 1.20 bits per heavy atom. The van der Waals surface area contributed by atoms with Crippen LogP contribution in [0, 0.1) is 5.82 Å². The van der Waals surface area contributed by atoms with E-state index in [1.165, 1.54) is 12.1 Å². The Balaban J connectivity index is 2.00. The molecule has 2 rings (SSSR count). The molecule has 1 unspecified atom stereocenters. The van der Waals surface area contributed by atoms with Gasteiger partial charge in [0.25, 0.3) is 0 Å². The molecule has 0 aliphatic heterocycles. The first-order valence-corrected chi connectivity index (χ1v) is 8.36. The number of esters is 1. The number of ether oxygens (including phenoxy) is 2. The SMILES string of the molecule is CCOC(=O)CC(O)c1ccc(OCc2ccc(Cl)c(Cl)c2)cc1F. The number of benzene rings is 2. The lowest BCUT2D eigenvalue weighted by Gasteiger charge is -2.13. The van der Waals surface area contributed by atoms with Crippen LogP contribution in [0.15, 0.2) is 36.4 Å². The van der Waals surface area contributed by atoms with Crippen molar-refractivity contribution in [2.75, 3.05) is 6.61 Å². The lowest BCUT2D eigenvalue weighted by atomic mass is 10.1. The maximum absolute atomic E-state index is 14.1. The highest BCUT2D eigenvalue weighted by Gasteiger charge is 2.18. The summed E-state index contributed by atoms with van der Waals surface area (Å²) in [6.07, 6.45) is -1.59. The fraction of sp³-hybridized carbons (Fsp3) is 0.278.